The second kappa shape index (κ2) is 3.37. The van der Waals surface area contributed by atoms with Crippen LogP contribution in [-0.4, -0.2) is 21.5 Å². The maximum absolute atomic E-state index is 12.2. The lowest BCUT2D eigenvalue weighted by Crippen LogP contribution is -2.10. The molecule has 1 N–H and O–H groups in total. The number of halogens is 3. The quantitative estimate of drug-likeness (QED) is 0.761. The van der Waals surface area contributed by atoms with Crippen molar-refractivity contribution in [1.82, 2.24) is 9.78 Å². The zero-order chi connectivity index (χ0) is 10.1. The molecule has 0 saturated heterocycles. The monoisotopic (exact) mass is 194 g/mol. The summed E-state index contributed by atoms with van der Waals surface area (Å²) in [5.41, 5.74) is -0.887. The summed E-state index contributed by atoms with van der Waals surface area (Å²) in [7, 11) is 1.41. The van der Waals surface area contributed by atoms with Crippen molar-refractivity contribution in [2.24, 2.45) is 7.05 Å². The molecule has 0 aliphatic carbocycles. The molecule has 1 aromatic rings. The molecule has 0 bridgehead atoms. The number of aliphatic hydroxyl groups excluding tert-OH is 1. The van der Waals surface area contributed by atoms with Crippen molar-refractivity contribution >= 4 is 0 Å². The second-order valence-electron chi connectivity index (χ2n) is 2.65. The van der Waals surface area contributed by atoms with E-state index in [-0.39, 0.29) is 18.6 Å². The van der Waals surface area contributed by atoms with Crippen molar-refractivity contribution < 1.29 is 18.3 Å². The summed E-state index contributed by atoms with van der Waals surface area (Å²) >= 11 is 0. The van der Waals surface area contributed by atoms with E-state index in [1.165, 1.54) is 13.2 Å². The van der Waals surface area contributed by atoms with Gasteiger partial charge in [-0.15, -0.1) is 0 Å². The fourth-order valence-corrected chi connectivity index (χ4v) is 1.08. The van der Waals surface area contributed by atoms with Crippen LogP contribution in [0.25, 0.3) is 0 Å². The van der Waals surface area contributed by atoms with Crippen LogP contribution < -0.4 is 0 Å². The Labute approximate surface area is 72.8 Å². The first-order valence-corrected chi connectivity index (χ1v) is 3.65. The molecule has 0 fully saturated rings. The molecule has 3 nitrogen and oxygen atoms in total. The van der Waals surface area contributed by atoms with Crippen LogP contribution in [0.1, 0.15) is 11.3 Å². The lowest BCUT2D eigenvalue weighted by Gasteiger charge is -2.03. The van der Waals surface area contributed by atoms with Gasteiger partial charge in [-0.05, 0) is 6.42 Å². The molecular formula is C7H9F3N2O. The van der Waals surface area contributed by atoms with Gasteiger partial charge >= 0.3 is 6.18 Å². The topological polar surface area (TPSA) is 38.0 Å². The highest BCUT2D eigenvalue weighted by molar-refractivity contribution is 5.20. The zero-order valence-corrected chi connectivity index (χ0v) is 6.97. The Kier molecular flexibility index (Phi) is 2.60. The minimum absolute atomic E-state index is 0.0251. The van der Waals surface area contributed by atoms with E-state index in [0.29, 0.717) is 0 Å². The summed E-state index contributed by atoms with van der Waals surface area (Å²) in [4.78, 5) is 0. The van der Waals surface area contributed by atoms with Crippen LogP contribution in [0.2, 0.25) is 0 Å². The summed E-state index contributed by atoms with van der Waals surface area (Å²) in [6.45, 7) is -0.311. The lowest BCUT2D eigenvalue weighted by atomic mass is 10.2. The van der Waals surface area contributed by atoms with Gasteiger partial charge in [-0.3, -0.25) is 4.68 Å². The van der Waals surface area contributed by atoms with Crippen LogP contribution >= 0.6 is 0 Å². The summed E-state index contributed by atoms with van der Waals surface area (Å²) in [5, 5.41) is 11.8. The molecule has 0 aromatic carbocycles. The van der Waals surface area contributed by atoms with Crippen molar-refractivity contribution in [1.29, 1.82) is 0 Å². The van der Waals surface area contributed by atoms with Gasteiger partial charge in [-0.2, -0.15) is 18.3 Å². The van der Waals surface area contributed by atoms with Gasteiger partial charge in [0.1, 0.15) is 0 Å². The average Bonchev–Trinajstić information content (AvgIpc) is 2.30. The van der Waals surface area contributed by atoms with Gasteiger partial charge in [0.05, 0.1) is 0 Å². The minimum Gasteiger partial charge on any atom is -0.396 e. The summed E-state index contributed by atoms with van der Waals surface area (Å²) < 4.78 is 37.8. The molecule has 1 aromatic heterocycles. The maximum atomic E-state index is 12.2. The Bertz CT molecular complexity index is 292. The fraction of sp³-hybridized carbons (Fsp3) is 0.571. The molecule has 0 aliphatic heterocycles. The van der Waals surface area contributed by atoms with Crippen LogP contribution in [0.3, 0.4) is 0 Å². The zero-order valence-electron chi connectivity index (χ0n) is 6.97. The first kappa shape index (κ1) is 10.0. The molecule has 6 heteroatoms. The highest BCUT2D eigenvalue weighted by Gasteiger charge is 2.36. The number of nitrogens with zero attached hydrogens (tertiary/aromatic N) is 2. The van der Waals surface area contributed by atoms with Crippen molar-refractivity contribution in [3.8, 4) is 0 Å². The van der Waals surface area contributed by atoms with E-state index in [2.05, 4.69) is 5.10 Å². The molecule has 0 spiro atoms. The van der Waals surface area contributed by atoms with Gasteiger partial charge in [-0.25, -0.2) is 0 Å². The van der Waals surface area contributed by atoms with E-state index in [1.54, 1.807) is 0 Å². The normalized spacial score (nSPS) is 12.1. The first-order chi connectivity index (χ1) is 5.95. The Morgan fingerprint density at radius 2 is 2.15 bits per heavy atom. The van der Waals surface area contributed by atoms with Gasteiger partial charge in [0.2, 0.25) is 0 Å². The van der Waals surface area contributed by atoms with E-state index in [9.17, 15) is 13.2 Å². The Morgan fingerprint density at radius 3 is 2.62 bits per heavy atom. The van der Waals surface area contributed by atoms with Crippen molar-refractivity contribution in [3.05, 3.63) is 17.5 Å². The van der Waals surface area contributed by atoms with Gasteiger partial charge in [-0.1, -0.05) is 0 Å². The van der Waals surface area contributed by atoms with Gasteiger partial charge in [0, 0.05) is 25.4 Å². The Hall–Kier alpha value is -1.04. The third-order valence-corrected chi connectivity index (χ3v) is 1.55. The number of hydrogen-bond acceptors (Lipinski definition) is 2. The van der Waals surface area contributed by atoms with E-state index in [1.807, 2.05) is 0 Å². The van der Waals surface area contributed by atoms with E-state index < -0.39 is 11.9 Å². The maximum Gasteiger partial charge on any atom is 0.435 e. The predicted octanol–water partition coefficient (Wildman–Crippen LogP) is 0.974. The minimum atomic E-state index is -4.44. The SMILES string of the molecule is Cn1cc(CCO)c(C(F)(F)F)n1. The standard InChI is InChI=1S/C7H9F3N2O/c1-12-4-5(2-3-13)6(11-12)7(8,9)10/h4,13H,2-3H2,1H3. The predicted molar refractivity (Wildman–Crippen MR) is 39.0 cm³/mol. The smallest absolute Gasteiger partial charge is 0.396 e. The molecule has 0 saturated carbocycles. The van der Waals surface area contributed by atoms with E-state index in [4.69, 9.17) is 5.11 Å². The molecule has 13 heavy (non-hydrogen) atoms. The van der Waals surface area contributed by atoms with E-state index >= 15 is 0 Å². The van der Waals surface area contributed by atoms with Gasteiger partial charge in [0.15, 0.2) is 5.69 Å². The van der Waals surface area contributed by atoms with Gasteiger partial charge in [0.25, 0.3) is 0 Å². The van der Waals surface area contributed by atoms with Crippen molar-refractivity contribution in [2.75, 3.05) is 6.61 Å². The van der Waals surface area contributed by atoms with Crippen LogP contribution in [0.4, 0.5) is 13.2 Å². The van der Waals surface area contributed by atoms with Crippen molar-refractivity contribution in [3.63, 3.8) is 0 Å². The Morgan fingerprint density at radius 1 is 1.54 bits per heavy atom. The first-order valence-electron chi connectivity index (χ1n) is 3.65. The second-order valence-corrected chi connectivity index (χ2v) is 2.65. The molecular weight excluding hydrogens is 185 g/mol. The van der Waals surface area contributed by atoms with Crippen LogP contribution in [-0.2, 0) is 19.6 Å². The molecule has 1 rings (SSSR count). The highest BCUT2D eigenvalue weighted by atomic mass is 19.4. The molecule has 0 unspecified atom stereocenters. The number of rotatable bonds is 2. The third kappa shape index (κ3) is 2.21. The molecule has 74 valence electrons. The van der Waals surface area contributed by atoms with Crippen LogP contribution in [0, 0.1) is 0 Å². The van der Waals surface area contributed by atoms with Crippen LogP contribution in [0.15, 0.2) is 6.20 Å². The van der Waals surface area contributed by atoms with Crippen molar-refractivity contribution in [2.45, 2.75) is 12.6 Å². The Balaban J connectivity index is 3.04. The summed E-state index contributed by atoms with van der Waals surface area (Å²) in [5.74, 6) is 0. The third-order valence-electron chi connectivity index (χ3n) is 1.55. The number of alkyl halides is 3. The fourth-order valence-electron chi connectivity index (χ4n) is 1.08. The van der Waals surface area contributed by atoms with Gasteiger partial charge < -0.3 is 5.11 Å². The molecule has 0 aliphatic rings. The van der Waals surface area contributed by atoms with E-state index in [0.717, 1.165) is 4.68 Å². The summed E-state index contributed by atoms with van der Waals surface area (Å²) in [6, 6.07) is 0. The largest absolute Gasteiger partial charge is 0.435 e. The number of hydrogen-bond donors (Lipinski definition) is 1. The molecule has 0 atom stereocenters. The van der Waals surface area contributed by atoms with Crippen LogP contribution in [0.5, 0.6) is 0 Å². The number of aryl methyl sites for hydroxylation is 1. The number of aliphatic hydroxyl groups is 1. The average molecular weight is 194 g/mol. The number of aromatic nitrogens is 2. The summed E-state index contributed by atoms with van der Waals surface area (Å²) in [6.07, 6.45) is -3.20. The molecule has 0 radical (unpaired) electrons. The highest BCUT2D eigenvalue weighted by Crippen LogP contribution is 2.30. The molecule has 1 heterocycles. The molecule has 0 amide bonds. The lowest BCUT2D eigenvalue weighted by molar-refractivity contribution is -0.142.